The third kappa shape index (κ3) is 4.96. The van der Waals surface area contributed by atoms with Crippen LogP contribution in [0.15, 0.2) is 53.5 Å². The highest BCUT2D eigenvalue weighted by Crippen LogP contribution is 2.16. The van der Waals surface area contributed by atoms with Crippen LogP contribution in [0.4, 0.5) is 0 Å². The number of aliphatic hydroxyl groups is 1. The van der Waals surface area contributed by atoms with Gasteiger partial charge in [0.1, 0.15) is 5.75 Å². The average molecular weight is 316 g/mol. The van der Waals surface area contributed by atoms with E-state index in [1.54, 1.807) is 49.7 Å². The Labute approximate surface area is 134 Å². The van der Waals surface area contributed by atoms with E-state index >= 15 is 0 Å². The molecule has 0 saturated carbocycles. The standard InChI is InChI=1S/C17H20N2O4/c1-23-14-7-5-13(6-8-14)15(20)12-18-16(21)9-11-19-10-3-2-4-17(19)22/h2-8,10,15,20H,9,11-12H2,1H3,(H,18,21). The molecule has 1 unspecified atom stereocenters. The Morgan fingerprint density at radius 1 is 1.26 bits per heavy atom. The fourth-order valence-corrected chi connectivity index (χ4v) is 2.11. The van der Waals surface area contributed by atoms with Crippen LogP contribution in [0.1, 0.15) is 18.1 Å². The van der Waals surface area contributed by atoms with Crippen molar-refractivity contribution in [3.8, 4) is 5.75 Å². The lowest BCUT2D eigenvalue weighted by Crippen LogP contribution is -2.30. The zero-order valence-corrected chi connectivity index (χ0v) is 12.9. The predicted molar refractivity (Wildman–Crippen MR) is 86.3 cm³/mol. The molecule has 0 aliphatic rings. The topological polar surface area (TPSA) is 80.6 Å². The van der Waals surface area contributed by atoms with E-state index in [4.69, 9.17) is 4.74 Å². The third-order valence-electron chi connectivity index (χ3n) is 3.47. The summed E-state index contributed by atoms with van der Waals surface area (Å²) in [7, 11) is 1.57. The second kappa shape index (κ2) is 8.14. The number of aryl methyl sites for hydroxylation is 1. The van der Waals surface area contributed by atoms with Crippen molar-refractivity contribution >= 4 is 5.91 Å². The van der Waals surface area contributed by atoms with Gasteiger partial charge in [-0.2, -0.15) is 0 Å². The van der Waals surface area contributed by atoms with Crippen LogP contribution in [-0.2, 0) is 11.3 Å². The molecular formula is C17H20N2O4. The molecule has 6 heteroatoms. The molecule has 1 amide bonds. The van der Waals surface area contributed by atoms with Crippen LogP contribution in [-0.4, -0.2) is 29.2 Å². The predicted octanol–water partition coefficient (Wildman–Crippen LogP) is 1.10. The number of nitrogens with one attached hydrogen (secondary N) is 1. The van der Waals surface area contributed by atoms with Crippen LogP contribution in [0.2, 0.25) is 0 Å². The van der Waals surface area contributed by atoms with Gasteiger partial charge in [0.15, 0.2) is 0 Å². The van der Waals surface area contributed by atoms with E-state index in [2.05, 4.69) is 5.32 Å². The maximum Gasteiger partial charge on any atom is 0.250 e. The Bertz CT molecular complexity index is 694. The minimum absolute atomic E-state index is 0.120. The van der Waals surface area contributed by atoms with E-state index in [9.17, 15) is 14.7 Å². The summed E-state index contributed by atoms with van der Waals surface area (Å²) >= 11 is 0. The van der Waals surface area contributed by atoms with Crippen molar-refractivity contribution in [3.05, 3.63) is 64.6 Å². The molecule has 0 bridgehead atoms. The first-order chi connectivity index (χ1) is 11.1. The van der Waals surface area contributed by atoms with Crippen LogP contribution in [0.3, 0.4) is 0 Å². The molecular weight excluding hydrogens is 296 g/mol. The van der Waals surface area contributed by atoms with Gasteiger partial charge in [0.25, 0.3) is 5.56 Å². The number of hydrogen-bond donors (Lipinski definition) is 2. The number of ether oxygens (including phenoxy) is 1. The Morgan fingerprint density at radius 2 is 2.00 bits per heavy atom. The average Bonchev–Trinajstić information content (AvgIpc) is 2.59. The summed E-state index contributed by atoms with van der Waals surface area (Å²) < 4.78 is 6.52. The molecule has 23 heavy (non-hydrogen) atoms. The number of pyridine rings is 1. The molecule has 122 valence electrons. The second-order valence-electron chi connectivity index (χ2n) is 5.08. The third-order valence-corrected chi connectivity index (χ3v) is 3.47. The van der Waals surface area contributed by atoms with Crippen molar-refractivity contribution in [3.63, 3.8) is 0 Å². The van der Waals surface area contributed by atoms with Crippen LogP contribution in [0.25, 0.3) is 0 Å². The summed E-state index contributed by atoms with van der Waals surface area (Å²) in [4.78, 5) is 23.3. The Kier molecular flexibility index (Phi) is 5.94. The van der Waals surface area contributed by atoms with E-state index < -0.39 is 6.10 Å². The molecule has 1 heterocycles. The maximum atomic E-state index is 11.8. The molecule has 0 spiro atoms. The van der Waals surface area contributed by atoms with Crippen molar-refractivity contribution in [2.24, 2.45) is 0 Å². The lowest BCUT2D eigenvalue weighted by atomic mass is 10.1. The van der Waals surface area contributed by atoms with Crippen LogP contribution < -0.4 is 15.6 Å². The van der Waals surface area contributed by atoms with Crippen molar-refractivity contribution in [2.75, 3.05) is 13.7 Å². The summed E-state index contributed by atoms with van der Waals surface area (Å²) in [6.07, 6.45) is 1.03. The second-order valence-corrected chi connectivity index (χ2v) is 5.08. The molecule has 2 rings (SSSR count). The first-order valence-electron chi connectivity index (χ1n) is 7.34. The summed E-state index contributed by atoms with van der Waals surface area (Å²) in [5.74, 6) is 0.492. The number of carbonyl (C=O) groups is 1. The molecule has 1 aromatic heterocycles. The van der Waals surface area contributed by atoms with Gasteiger partial charge < -0.3 is 19.7 Å². The number of rotatable bonds is 7. The van der Waals surface area contributed by atoms with Crippen LogP contribution in [0, 0.1) is 0 Å². The molecule has 0 aliphatic heterocycles. The van der Waals surface area contributed by atoms with Crippen molar-refractivity contribution < 1.29 is 14.6 Å². The van der Waals surface area contributed by atoms with Gasteiger partial charge in [-0.05, 0) is 23.8 Å². The largest absolute Gasteiger partial charge is 0.497 e. The lowest BCUT2D eigenvalue weighted by molar-refractivity contribution is -0.121. The van der Waals surface area contributed by atoms with E-state index in [0.29, 0.717) is 17.9 Å². The molecule has 0 aliphatic carbocycles. The molecule has 1 aromatic carbocycles. The Morgan fingerprint density at radius 3 is 2.65 bits per heavy atom. The minimum atomic E-state index is -0.788. The number of aromatic nitrogens is 1. The highest BCUT2D eigenvalue weighted by atomic mass is 16.5. The zero-order valence-electron chi connectivity index (χ0n) is 12.9. The zero-order chi connectivity index (χ0) is 16.7. The van der Waals surface area contributed by atoms with E-state index in [1.165, 1.54) is 10.6 Å². The number of nitrogens with zero attached hydrogens (tertiary/aromatic N) is 1. The number of methoxy groups -OCH3 is 1. The normalized spacial score (nSPS) is 11.7. The van der Waals surface area contributed by atoms with Gasteiger partial charge >= 0.3 is 0 Å². The van der Waals surface area contributed by atoms with E-state index in [1.807, 2.05) is 0 Å². The smallest absolute Gasteiger partial charge is 0.250 e. The van der Waals surface area contributed by atoms with E-state index in [-0.39, 0.29) is 24.4 Å². The molecule has 0 radical (unpaired) electrons. The van der Waals surface area contributed by atoms with Crippen LogP contribution in [0.5, 0.6) is 5.75 Å². The molecule has 2 N–H and O–H groups in total. The highest BCUT2D eigenvalue weighted by molar-refractivity contribution is 5.75. The van der Waals surface area contributed by atoms with Gasteiger partial charge in [-0.1, -0.05) is 18.2 Å². The first-order valence-corrected chi connectivity index (χ1v) is 7.34. The van der Waals surface area contributed by atoms with Crippen molar-refractivity contribution in [1.29, 1.82) is 0 Å². The Hall–Kier alpha value is -2.60. The molecule has 0 fully saturated rings. The molecule has 0 saturated heterocycles. The fraction of sp³-hybridized carbons (Fsp3) is 0.294. The molecule has 6 nitrogen and oxygen atoms in total. The lowest BCUT2D eigenvalue weighted by Gasteiger charge is -2.13. The number of benzene rings is 1. The number of carbonyl (C=O) groups excluding carboxylic acids is 1. The fourth-order valence-electron chi connectivity index (χ4n) is 2.11. The SMILES string of the molecule is COc1ccc(C(O)CNC(=O)CCn2ccccc2=O)cc1. The summed E-state index contributed by atoms with van der Waals surface area (Å²) in [5.41, 5.74) is 0.559. The van der Waals surface area contributed by atoms with Crippen molar-refractivity contribution in [2.45, 2.75) is 19.1 Å². The Balaban J connectivity index is 1.79. The van der Waals surface area contributed by atoms with Gasteiger partial charge in [0.2, 0.25) is 5.91 Å². The summed E-state index contributed by atoms with van der Waals surface area (Å²) in [6.45, 7) is 0.430. The maximum absolute atomic E-state index is 11.8. The monoisotopic (exact) mass is 316 g/mol. The van der Waals surface area contributed by atoms with Gasteiger partial charge in [-0.3, -0.25) is 9.59 Å². The highest BCUT2D eigenvalue weighted by Gasteiger charge is 2.10. The number of amides is 1. The van der Waals surface area contributed by atoms with Crippen molar-refractivity contribution in [1.82, 2.24) is 9.88 Å². The summed E-state index contributed by atoms with van der Waals surface area (Å²) in [6, 6.07) is 11.9. The number of hydrogen-bond acceptors (Lipinski definition) is 4. The first kappa shape index (κ1) is 16.8. The molecule has 2 aromatic rings. The van der Waals surface area contributed by atoms with Crippen LogP contribution >= 0.6 is 0 Å². The van der Waals surface area contributed by atoms with Gasteiger partial charge in [0, 0.05) is 31.8 Å². The van der Waals surface area contributed by atoms with E-state index in [0.717, 1.165) is 0 Å². The van der Waals surface area contributed by atoms with Gasteiger partial charge in [-0.15, -0.1) is 0 Å². The molecule has 1 atom stereocenters. The van der Waals surface area contributed by atoms with Gasteiger partial charge in [0.05, 0.1) is 13.2 Å². The van der Waals surface area contributed by atoms with Gasteiger partial charge in [-0.25, -0.2) is 0 Å². The number of aliphatic hydroxyl groups excluding tert-OH is 1. The quantitative estimate of drug-likeness (QED) is 0.801. The summed E-state index contributed by atoms with van der Waals surface area (Å²) in [5, 5.41) is 12.7. The minimum Gasteiger partial charge on any atom is -0.497 e.